The highest BCUT2D eigenvalue weighted by Crippen LogP contribution is 2.22. The summed E-state index contributed by atoms with van der Waals surface area (Å²) in [5, 5.41) is 10.8. The summed E-state index contributed by atoms with van der Waals surface area (Å²) in [6.07, 6.45) is 1.73. The van der Waals surface area contributed by atoms with E-state index in [1.807, 2.05) is 6.92 Å². The molecular formula is C12H18N4O3S. The van der Waals surface area contributed by atoms with Crippen LogP contribution in [-0.4, -0.2) is 26.4 Å². The molecule has 1 heterocycles. The molecule has 8 heteroatoms. The predicted octanol–water partition coefficient (Wildman–Crippen LogP) is 0.383. The Labute approximate surface area is 118 Å². The summed E-state index contributed by atoms with van der Waals surface area (Å²) in [5.41, 5.74) is 0.233. The van der Waals surface area contributed by atoms with Crippen molar-refractivity contribution in [1.82, 2.24) is 5.32 Å². The van der Waals surface area contributed by atoms with Crippen molar-refractivity contribution >= 4 is 27.5 Å². The smallest absolute Gasteiger partial charge is 0.296 e. The van der Waals surface area contributed by atoms with Crippen LogP contribution in [0.4, 0.5) is 11.4 Å². The number of rotatable bonds is 4. The van der Waals surface area contributed by atoms with E-state index >= 15 is 0 Å². The Bertz CT molecular complexity index is 609. The standard InChI is InChI=1S/C12H18N4O3S/c1-12(6-3-7-14-12)11(17)15-9-4-2-5-10(8-9)16-20(13,18)19/h2,4-5,8,14,16H,3,6-7H2,1H3,(H,15,17)(H2,13,18,19). The van der Waals surface area contributed by atoms with E-state index in [4.69, 9.17) is 5.14 Å². The molecule has 110 valence electrons. The highest BCUT2D eigenvalue weighted by molar-refractivity contribution is 7.90. The monoisotopic (exact) mass is 298 g/mol. The molecule has 20 heavy (non-hydrogen) atoms. The largest absolute Gasteiger partial charge is 0.324 e. The van der Waals surface area contributed by atoms with Crippen molar-refractivity contribution in [2.75, 3.05) is 16.6 Å². The van der Waals surface area contributed by atoms with E-state index in [9.17, 15) is 13.2 Å². The van der Waals surface area contributed by atoms with Gasteiger partial charge in [0.1, 0.15) is 0 Å². The third-order valence-electron chi connectivity index (χ3n) is 3.25. The highest BCUT2D eigenvalue weighted by Gasteiger charge is 2.35. The van der Waals surface area contributed by atoms with Crippen molar-refractivity contribution in [2.24, 2.45) is 5.14 Å². The predicted molar refractivity (Wildman–Crippen MR) is 77.4 cm³/mol. The number of benzene rings is 1. The molecule has 1 aromatic rings. The Hall–Kier alpha value is -1.64. The Morgan fingerprint density at radius 1 is 1.40 bits per heavy atom. The summed E-state index contributed by atoms with van der Waals surface area (Å²) in [7, 11) is -3.83. The van der Waals surface area contributed by atoms with Crippen LogP contribution < -0.4 is 20.5 Å². The second-order valence-electron chi connectivity index (χ2n) is 5.04. The number of nitrogens with one attached hydrogen (secondary N) is 3. The van der Waals surface area contributed by atoms with E-state index in [1.165, 1.54) is 6.07 Å². The summed E-state index contributed by atoms with van der Waals surface area (Å²) in [6.45, 7) is 2.67. The van der Waals surface area contributed by atoms with Gasteiger partial charge in [0.05, 0.1) is 11.2 Å². The van der Waals surface area contributed by atoms with Gasteiger partial charge >= 0.3 is 0 Å². The lowest BCUT2D eigenvalue weighted by Gasteiger charge is -2.23. The Morgan fingerprint density at radius 2 is 2.10 bits per heavy atom. The van der Waals surface area contributed by atoms with Crippen LogP contribution in [0.1, 0.15) is 19.8 Å². The molecule has 0 saturated carbocycles. The van der Waals surface area contributed by atoms with Crippen molar-refractivity contribution < 1.29 is 13.2 Å². The fourth-order valence-electron chi connectivity index (χ4n) is 2.18. The van der Waals surface area contributed by atoms with Crippen molar-refractivity contribution in [3.05, 3.63) is 24.3 Å². The van der Waals surface area contributed by atoms with Gasteiger partial charge in [0.15, 0.2) is 0 Å². The van der Waals surface area contributed by atoms with Crippen molar-refractivity contribution in [1.29, 1.82) is 0 Å². The van der Waals surface area contributed by atoms with Gasteiger partial charge in [0, 0.05) is 5.69 Å². The minimum absolute atomic E-state index is 0.136. The van der Waals surface area contributed by atoms with Gasteiger partial charge < -0.3 is 10.6 Å². The number of carbonyl (C=O) groups is 1. The molecule has 5 N–H and O–H groups in total. The number of hydrogen-bond donors (Lipinski definition) is 4. The molecule has 1 atom stereocenters. The van der Waals surface area contributed by atoms with Gasteiger partial charge in [0.2, 0.25) is 5.91 Å². The first-order valence-corrected chi connectivity index (χ1v) is 7.80. The molecule has 1 fully saturated rings. The number of amides is 1. The van der Waals surface area contributed by atoms with Crippen LogP contribution in [0.15, 0.2) is 24.3 Å². The molecule has 0 aromatic heterocycles. The number of hydrogen-bond acceptors (Lipinski definition) is 4. The van der Waals surface area contributed by atoms with Crippen LogP contribution in [0.5, 0.6) is 0 Å². The van der Waals surface area contributed by atoms with E-state index in [2.05, 4.69) is 15.4 Å². The van der Waals surface area contributed by atoms with Crippen molar-refractivity contribution in [3.8, 4) is 0 Å². The van der Waals surface area contributed by atoms with Crippen LogP contribution in [0, 0.1) is 0 Å². The number of nitrogens with two attached hydrogens (primary N) is 1. The summed E-state index contributed by atoms with van der Waals surface area (Å²) >= 11 is 0. The minimum atomic E-state index is -3.83. The highest BCUT2D eigenvalue weighted by atomic mass is 32.2. The average Bonchev–Trinajstić information content (AvgIpc) is 2.76. The molecule has 7 nitrogen and oxygen atoms in total. The zero-order chi connectivity index (χ0) is 14.8. The zero-order valence-electron chi connectivity index (χ0n) is 11.1. The molecule has 1 aliphatic rings. The maximum absolute atomic E-state index is 12.2. The molecule has 1 amide bonds. The van der Waals surface area contributed by atoms with E-state index in [0.29, 0.717) is 11.4 Å². The topological polar surface area (TPSA) is 113 Å². The van der Waals surface area contributed by atoms with Gasteiger partial charge in [0.25, 0.3) is 10.2 Å². The molecule has 1 unspecified atom stereocenters. The van der Waals surface area contributed by atoms with Gasteiger partial charge in [-0.15, -0.1) is 0 Å². The first-order valence-electron chi connectivity index (χ1n) is 6.26. The molecule has 1 saturated heterocycles. The Morgan fingerprint density at radius 3 is 2.70 bits per heavy atom. The second-order valence-corrected chi connectivity index (χ2v) is 6.34. The lowest BCUT2D eigenvalue weighted by atomic mass is 9.99. The van der Waals surface area contributed by atoms with Crippen LogP contribution >= 0.6 is 0 Å². The van der Waals surface area contributed by atoms with E-state index < -0.39 is 15.7 Å². The molecule has 0 aliphatic carbocycles. The Kier molecular flexibility index (Phi) is 3.98. The zero-order valence-corrected chi connectivity index (χ0v) is 12.0. The quantitative estimate of drug-likeness (QED) is 0.643. The van der Waals surface area contributed by atoms with Crippen molar-refractivity contribution in [3.63, 3.8) is 0 Å². The first-order chi connectivity index (χ1) is 9.28. The molecule has 0 bridgehead atoms. The van der Waals surface area contributed by atoms with Gasteiger partial charge in [-0.05, 0) is 44.5 Å². The maximum Gasteiger partial charge on any atom is 0.296 e. The molecule has 0 radical (unpaired) electrons. The summed E-state index contributed by atoms with van der Waals surface area (Å²) < 4.78 is 24.1. The average molecular weight is 298 g/mol. The molecular weight excluding hydrogens is 280 g/mol. The van der Waals surface area contributed by atoms with Gasteiger partial charge in [-0.1, -0.05) is 6.07 Å². The van der Waals surface area contributed by atoms with Crippen LogP contribution in [0.3, 0.4) is 0 Å². The number of carbonyl (C=O) groups excluding carboxylic acids is 1. The SMILES string of the molecule is CC1(C(=O)Nc2cccc(NS(N)(=O)=O)c2)CCCN1. The normalized spacial score (nSPS) is 22.5. The van der Waals surface area contributed by atoms with E-state index in [1.54, 1.807) is 18.2 Å². The van der Waals surface area contributed by atoms with Crippen LogP contribution in [-0.2, 0) is 15.0 Å². The molecule has 1 aromatic carbocycles. The lowest BCUT2D eigenvalue weighted by Crippen LogP contribution is -2.47. The third-order valence-corrected chi connectivity index (χ3v) is 3.77. The molecule has 2 rings (SSSR count). The van der Waals surface area contributed by atoms with Crippen LogP contribution in [0.2, 0.25) is 0 Å². The summed E-state index contributed by atoms with van der Waals surface area (Å²) in [6, 6.07) is 6.38. The summed E-state index contributed by atoms with van der Waals surface area (Å²) in [4.78, 5) is 12.2. The van der Waals surface area contributed by atoms with Crippen molar-refractivity contribution in [2.45, 2.75) is 25.3 Å². The van der Waals surface area contributed by atoms with E-state index in [-0.39, 0.29) is 5.91 Å². The van der Waals surface area contributed by atoms with E-state index in [0.717, 1.165) is 19.4 Å². The van der Waals surface area contributed by atoms with Crippen LogP contribution in [0.25, 0.3) is 0 Å². The fraction of sp³-hybridized carbons (Fsp3) is 0.417. The molecule has 0 spiro atoms. The van der Waals surface area contributed by atoms with Gasteiger partial charge in [-0.3, -0.25) is 9.52 Å². The van der Waals surface area contributed by atoms with Gasteiger partial charge in [-0.2, -0.15) is 8.42 Å². The first kappa shape index (κ1) is 14.8. The second kappa shape index (κ2) is 5.39. The fourth-order valence-corrected chi connectivity index (χ4v) is 2.64. The molecule has 1 aliphatic heterocycles. The van der Waals surface area contributed by atoms with Gasteiger partial charge in [-0.25, -0.2) is 5.14 Å². The number of anilines is 2. The summed E-state index contributed by atoms with van der Waals surface area (Å²) in [5.74, 6) is -0.136. The Balaban J connectivity index is 2.10. The minimum Gasteiger partial charge on any atom is -0.324 e. The third kappa shape index (κ3) is 3.69. The lowest BCUT2D eigenvalue weighted by molar-refractivity contribution is -0.121. The maximum atomic E-state index is 12.2.